The number of ether oxygens (including phenoxy) is 1. The number of hydrogen-bond acceptors (Lipinski definition) is 4. The molecule has 0 aromatic heterocycles. The molecule has 0 atom stereocenters. The van der Waals surface area contributed by atoms with E-state index in [4.69, 9.17) is 4.74 Å². The normalized spacial score (nSPS) is 13.7. The maximum atomic E-state index is 12.3. The molecule has 0 bridgehead atoms. The fourth-order valence-corrected chi connectivity index (χ4v) is 3.20. The zero-order valence-electron chi connectivity index (χ0n) is 15.0. The minimum absolute atomic E-state index is 0.0967. The van der Waals surface area contributed by atoms with Gasteiger partial charge in [-0.2, -0.15) is 0 Å². The predicted octanol–water partition coefficient (Wildman–Crippen LogP) is 3.25. The number of rotatable bonds is 6. The maximum absolute atomic E-state index is 12.3. The Kier molecular flexibility index (Phi) is 6.02. The molecule has 2 aromatic rings. The van der Waals surface area contributed by atoms with Gasteiger partial charge in [0.2, 0.25) is 5.91 Å². The van der Waals surface area contributed by atoms with Gasteiger partial charge in [0, 0.05) is 26.1 Å². The van der Waals surface area contributed by atoms with E-state index in [-0.39, 0.29) is 5.91 Å². The van der Waals surface area contributed by atoms with Crippen molar-refractivity contribution in [2.24, 2.45) is 0 Å². The van der Waals surface area contributed by atoms with Gasteiger partial charge in [-0.3, -0.25) is 9.69 Å². The Morgan fingerprint density at radius 1 is 1.08 bits per heavy atom. The molecule has 3 rings (SSSR count). The van der Waals surface area contributed by atoms with Gasteiger partial charge in [-0.05, 0) is 36.6 Å². The summed E-state index contributed by atoms with van der Waals surface area (Å²) < 4.78 is 5.04. The van der Waals surface area contributed by atoms with Crippen LogP contribution in [0.5, 0.6) is 0 Å². The number of benzene rings is 2. The maximum Gasteiger partial charge on any atom is 0.340 e. The lowest BCUT2D eigenvalue weighted by Crippen LogP contribution is -2.33. The first-order chi connectivity index (χ1) is 12.7. The molecule has 1 aliphatic heterocycles. The van der Waals surface area contributed by atoms with E-state index in [1.165, 1.54) is 11.1 Å². The molecule has 0 aliphatic carbocycles. The molecule has 5 nitrogen and oxygen atoms in total. The molecule has 5 heteroatoms. The average molecular weight is 352 g/mol. The summed E-state index contributed by atoms with van der Waals surface area (Å²) in [5, 5.41) is 2.84. The summed E-state index contributed by atoms with van der Waals surface area (Å²) in [5.41, 5.74) is 3.62. The van der Waals surface area contributed by atoms with Crippen molar-refractivity contribution in [3.63, 3.8) is 0 Å². The average Bonchev–Trinajstić information content (AvgIpc) is 2.67. The number of anilines is 1. The minimum atomic E-state index is -0.420. The molecule has 136 valence electrons. The number of carbonyl (C=O) groups excluding carboxylic acids is 2. The summed E-state index contributed by atoms with van der Waals surface area (Å²) in [5.74, 6) is -0.517. The Morgan fingerprint density at radius 2 is 1.81 bits per heavy atom. The van der Waals surface area contributed by atoms with Crippen LogP contribution in [0.25, 0.3) is 0 Å². The monoisotopic (exact) mass is 352 g/mol. The van der Waals surface area contributed by atoms with E-state index < -0.39 is 5.97 Å². The number of carbonyl (C=O) groups is 2. The molecule has 0 saturated heterocycles. The van der Waals surface area contributed by atoms with Crippen LogP contribution in [0.15, 0.2) is 48.5 Å². The molecule has 0 radical (unpaired) electrons. The van der Waals surface area contributed by atoms with Crippen LogP contribution in [0.2, 0.25) is 0 Å². The molecule has 0 spiro atoms. The van der Waals surface area contributed by atoms with Crippen molar-refractivity contribution in [1.29, 1.82) is 0 Å². The van der Waals surface area contributed by atoms with E-state index in [0.717, 1.165) is 19.5 Å². The molecule has 1 amide bonds. The summed E-state index contributed by atoms with van der Waals surface area (Å²) in [6.45, 7) is 4.60. The van der Waals surface area contributed by atoms with Crippen molar-refractivity contribution in [2.45, 2.75) is 26.3 Å². The molecule has 1 N–H and O–H groups in total. The van der Waals surface area contributed by atoms with E-state index in [2.05, 4.69) is 34.5 Å². The van der Waals surface area contributed by atoms with Crippen molar-refractivity contribution in [1.82, 2.24) is 4.90 Å². The third kappa shape index (κ3) is 4.49. The number of nitrogens with one attached hydrogen (secondary N) is 1. The van der Waals surface area contributed by atoms with Crippen LogP contribution in [0.4, 0.5) is 5.69 Å². The lowest BCUT2D eigenvalue weighted by Gasteiger charge is -2.28. The summed E-state index contributed by atoms with van der Waals surface area (Å²) in [6.07, 6.45) is 1.41. The molecule has 1 aliphatic rings. The minimum Gasteiger partial charge on any atom is -0.462 e. The quantitative estimate of drug-likeness (QED) is 0.811. The summed E-state index contributed by atoms with van der Waals surface area (Å²) in [7, 11) is 0. The highest BCUT2D eigenvalue weighted by Crippen LogP contribution is 2.19. The molecule has 0 unspecified atom stereocenters. The van der Waals surface area contributed by atoms with Crippen molar-refractivity contribution >= 4 is 17.6 Å². The SMILES string of the molecule is CCOC(=O)c1ccccc1NC(=O)CCN1CCc2ccccc2C1. The van der Waals surface area contributed by atoms with E-state index in [9.17, 15) is 9.59 Å². The van der Waals surface area contributed by atoms with Crippen LogP contribution in [0, 0.1) is 0 Å². The first-order valence-corrected chi connectivity index (χ1v) is 9.02. The first-order valence-electron chi connectivity index (χ1n) is 9.02. The van der Waals surface area contributed by atoms with Gasteiger partial charge in [0.05, 0.1) is 17.9 Å². The van der Waals surface area contributed by atoms with Crippen LogP contribution >= 0.6 is 0 Å². The van der Waals surface area contributed by atoms with Gasteiger partial charge in [0.1, 0.15) is 0 Å². The molecule has 1 heterocycles. The molecular weight excluding hydrogens is 328 g/mol. The van der Waals surface area contributed by atoms with Crippen LogP contribution in [0.3, 0.4) is 0 Å². The lowest BCUT2D eigenvalue weighted by atomic mass is 10.00. The Morgan fingerprint density at radius 3 is 2.62 bits per heavy atom. The molecule has 0 saturated carbocycles. The van der Waals surface area contributed by atoms with Crippen molar-refractivity contribution in [3.05, 3.63) is 65.2 Å². The van der Waals surface area contributed by atoms with Crippen molar-refractivity contribution < 1.29 is 14.3 Å². The zero-order valence-corrected chi connectivity index (χ0v) is 15.0. The number of fused-ring (bicyclic) bond motifs is 1. The summed E-state index contributed by atoms with van der Waals surface area (Å²) in [4.78, 5) is 26.6. The molecule has 26 heavy (non-hydrogen) atoms. The number of esters is 1. The third-order valence-corrected chi connectivity index (χ3v) is 4.56. The topological polar surface area (TPSA) is 58.6 Å². The highest BCUT2D eigenvalue weighted by Gasteiger charge is 2.17. The first kappa shape index (κ1) is 18.1. The fraction of sp³-hybridized carbons (Fsp3) is 0.333. The second-order valence-electron chi connectivity index (χ2n) is 6.36. The zero-order chi connectivity index (χ0) is 18.4. The van der Waals surface area contributed by atoms with E-state index in [0.29, 0.717) is 30.8 Å². The van der Waals surface area contributed by atoms with Gasteiger partial charge >= 0.3 is 5.97 Å². The number of hydrogen-bond donors (Lipinski definition) is 1. The van der Waals surface area contributed by atoms with E-state index in [1.54, 1.807) is 31.2 Å². The van der Waals surface area contributed by atoms with E-state index in [1.807, 2.05) is 0 Å². The molecule has 2 aromatic carbocycles. The van der Waals surface area contributed by atoms with E-state index >= 15 is 0 Å². The van der Waals surface area contributed by atoms with Gasteiger partial charge in [0.15, 0.2) is 0 Å². The summed E-state index contributed by atoms with van der Waals surface area (Å²) >= 11 is 0. The van der Waals surface area contributed by atoms with Crippen LogP contribution < -0.4 is 5.32 Å². The highest BCUT2D eigenvalue weighted by molar-refractivity contribution is 6.01. The number of nitrogens with zero attached hydrogens (tertiary/aromatic N) is 1. The second-order valence-corrected chi connectivity index (χ2v) is 6.36. The van der Waals surface area contributed by atoms with Crippen molar-refractivity contribution in [2.75, 3.05) is 25.0 Å². The number of amides is 1. The standard InChI is InChI=1S/C21H24N2O3/c1-2-26-21(25)18-9-5-6-10-19(18)22-20(24)12-14-23-13-11-16-7-3-4-8-17(16)15-23/h3-10H,2,11-15H2,1H3,(H,22,24). The fourth-order valence-electron chi connectivity index (χ4n) is 3.20. The predicted molar refractivity (Wildman–Crippen MR) is 101 cm³/mol. The molecular formula is C21H24N2O3. The smallest absolute Gasteiger partial charge is 0.340 e. The summed E-state index contributed by atoms with van der Waals surface area (Å²) in [6, 6.07) is 15.4. The highest BCUT2D eigenvalue weighted by atomic mass is 16.5. The lowest BCUT2D eigenvalue weighted by molar-refractivity contribution is -0.116. The van der Waals surface area contributed by atoms with Crippen molar-refractivity contribution in [3.8, 4) is 0 Å². The Labute approximate surface area is 154 Å². The van der Waals surface area contributed by atoms with Gasteiger partial charge < -0.3 is 10.1 Å². The Bertz CT molecular complexity index is 788. The third-order valence-electron chi connectivity index (χ3n) is 4.56. The Balaban J connectivity index is 1.55. The van der Waals surface area contributed by atoms with Gasteiger partial charge in [-0.15, -0.1) is 0 Å². The van der Waals surface area contributed by atoms with Crippen LogP contribution in [0.1, 0.15) is 34.8 Å². The largest absolute Gasteiger partial charge is 0.462 e. The second kappa shape index (κ2) is 8.63. The van der Waals surface area contributed by atoms with Gasteiger partial charge in [-0.1, -0.05) is 36.4 Å². The Hall–Kier alpha value is -2.66. The van der Waals surface area contributed by atoms with Gasteiger partial charge in [0.25, 0.3) is 0 Å². The molecule has 0 fully saturated rings. The van der Waals surface area contributed by atoms with Gasteiger partial charge in [-0.25, -0.2) is 4.79 Å². The number of para-hydroxylation sites is 1. The van der Waals surface area contributed by atoms with Crippen LogP contribution in [-0.2, 0) is 22.5 Å². The van der Waals surface area contributed by atoms with Crippen LogP contribution in [-0.4, -0.2) is 36.5 Å².